The van der Waals surface area contributed by atoms with Crippen LogP contribution >= 0.6 is 15.9 Å². The number of carbonyl (C=O) groups excluding carboxylic acids is 1. The highest BCUT2D eigenvalue weighted by Gasteiger charge is 2.24. The van der Waals surface area contributed by atoms with E-state index in [1.54, 1.807) is 0 Å². The van der Waals surface area contributed by atoms with Gasteiger partial charge in [-0.1, -0.05) is 34.1 Å². The molecule has 1 amide bonds. The lowest BCUT2D eigenvalue weighted by Crippen LogP contribution is -2.04. The van der Waals surface area contributed by atoms with Gasteiger partial charge >= 0.3 is 0 Å². The molecule has 0 atom stereocenters. The van der Waals surface area contributed by atoms with E-state index in [0.29, 0.717) is 30.3 Å². The number of nitrogens with one attached hydrogen (secondary N) is 1. The maximum absolute atomic E-state index is 12.3. The molecule has 2 aromatic carbocycles. The van der Waals surface area contributed by atoms with E-state index in [0.717, 1.165) is 21.3 Å². The molecule has 0 saturated heterocycles. The molecule has 0 radical (unpaired) electrons. The van der Waals surface area contributed by atoms with E-state index in [1.807, 2.05) is 56.3 Å². The zero-order chi connectivity index (χ0) is 17.1. The second kappa shape index (κ2) is 7.09. The predicted molar refractivity (Wildman–Crippen MR) is 99.4 cm³/mol. The molecule has 1 aliphatic heterocycles. The smallest absolute Gasteiger partial charge is 0.256 e. The van der Waals surface area contributed by atoms with Gasteiger partial charge in [-0.15, -0.1) is 0 Å². The van der Waals surface area contributed by atoms with E-state index in [4.69, 9.17) is 9.47 Å². The number of benzene rings is 2. The number of fused-ring (bicyclic) bond motifs is 1. The minimum atomic E-state index is -0.102. The number of halogens is 1. The Labute approximate surface area is 149 Å². The Kier molecular flexibility index (Phi) is 4.90. The van der Waals surface area contributed by atoms with E-state index in [1.165, 1.54) is 0 Å². The molecule has 0 aromatic heterocycles. The number of para-hydroxylation sites is 1. The number of carbonyl (C=O) groups is 1. The van der Waals surface area contributed by atoms with Crippen LogP contribution in [-0.2, 0) is 4.79 Å². The third kappa shape index (κ3) is 3.17. The first-order valence-corrected chi connectivity index (χ1v) is 8.65. The van der Waals surface area contributed by atoms with Gasteiger partial charge in [0.25, 0.3) is 5.91 Å². The summed E-state index contributed by atoms with van der Waals surface area (Å²) in [6, 6.07) is 11.4. The van der Waals surface area contributed by atoms with E-state index in [9.17, 15) is 4.79 Å². The predicted octanol–water partition coefficient (Wildman–Crippen LogP) is 4.74. The Morgan fingerprint density at radius 3 is 2.46 bits per heavy atom. The van der Waals surface area contributed by atoms with E-state index in [-0.39, 0.29) is 5.91 Å². The van der Waals surface area contributed by atoms with Gasteiger partial charge in [0.15, 0.2) is 11.5 Å². The summed E-state index contributed by atoms with van der Waals surface area (Å²) in [6.45, 7) is 4.96. The summed E-state index contributed by atoms with van der Waals surface area (Å²) in [5.41, 5.74) is 3.24. The molecule has 0 fully saturated rings. The van der Waals surface area contributed by atoms with Crippen molar-refractivity contribution in [2.75, 3.05) is 18.5 Å². The van der Waals surface area contributed by atoms with E-state index >= 15 is 0 Å². The summed E-state index contributed by atoms with van der Waals surface area (Å²) in [5, 5.41) is 2.88. The SMILES string of the molecule is CCOc1cc(Br)c(/C=C2\C(=O)Nc3ccccc32)cc1OCC. The molecule has 24 heavy (non-hydrogen) atoms. The van der Waals surface area contributed by atoms with Crippen LogP contribution in [0.3, 0.4) is 0 Å². The fourth-order valence-electron chi connectivity index (χ4n) is 2.64. The zero-order valence-electron chi connectivity index (χ0n) is 13.6. The third-order valence-electron chi connectivity index (χ3n) is 3.67. The normalized spacial score (nSPS) is 14.5. The van der Waals surface area contributed by atoms with Gasteiger partial charge in [-0.3, -0.25) is 4.79 Å². The lowest BCUT2D eigenvalue weighted by molar-refractivity contribution is -0.110. The van der Waals surface area contributed by atoms with Gasteiger partial charge < -0.3 is 14.8 Å². The summed E-state index contributed by atoms with van der Waals surface area (Å²) in [4.78, 5) is 12.3. The average molecular weight is 388 g/mol. The maximum atomic E-state index is 12.3. The van der Waals surface area contributed by atoms with Crippen molar-refractivity contribution in [2.24, 2.45) is 0 Å². The highest BCUT2D eigenvalue weighted by molar-refractivity contribution is 9.10. The Morgan fingerprint density at radius 2 is 1.75 bits per heavy atom. The number of hydrogen-bond donors (Lipinski definition) is 1. The minimum Gasteiger partial charge on any atom is -0.490 e. The molecular formula is C19H18BrNO3. The molecule has 124 valence electrons. The Bertz CT molecular complexity index is 814. The molecular weight excluding hydrogens is 370 g/mol. The molecule has 2 aromatic rings. The van der Waals surface area contributed by atoms with Crippen LogP contribution in [0.15, 0.2) is 40.9 Å². The van der Waals surface area contributed by atoms with Crippen LogP contribution in [-0.4, -0.2) is 19.1 Å². The van der Waals surface area contributed by atoms with Gasteiger partial charge in [0, 0.05) is 21.3 Å². The topological polar surface area (TPSA) is 47.6 Å². The standard InChI is InChI=1S/C19H18BrNO3/c1-3-23-17-10-12(15(20)11-18(17)24-4-2)9-14-13-7-5-6-8-16(13)21-19(14)22/h5-11H,3-4H2,1-2H3,(H,21,22)/b14-9-. The van der Waals surface area contributed by atoms with Crippen LogP contribution in [0.5, 0.6) is 11.5 Å². The van der Waals surface area contributed by atoms with Crippen molar-refractivity contribution in [3.63, 3.8) is 0 Å². The molecule has 1 heterocycles. The molecule has 0 spiro atoms. The first-order chi connectivity index (χ1) is 11.6. The number of hydrogen-bond acceptors (Lipinski definition) is 3. The highest BCUT2D eigenvalue weighted by atomic mass is 79.9. The Morgan fingerprint density at radius 1 is 1.08 bits per heavy atom. The van der Waals surface area contributed by atoms with Crippen molar-refractivity contribution < 1.29 is 14.3 Å². The summed E-state index contributed by atoms with van der Waals surface area (Å²) in [5.74, 6) is 1.25. The Balaban J connectivity index is 2.06. The number of rotatable bonds is 5. The van der Waals surface area contributed by atoms with Gasteiger partial charge in [-0.05, 0) is 43.7 Å². The van der Waals surface area contributed by atoms with Crippen LogP contribution in [0.4, 0.5) is 5.69 Å². The van der Waals surface area contributed by atoms with Crippen molar-refractivity contribution in [1.29, 1.82) is 0 Å². The van der Waals surface area contributed by atoms with Crippen LogP contribution in [0.2, 0.25) is 0 Å². The van der Waals surface area contributed by atoms with Crippen LogP contribution in [0.25, 0.3) is 11.6 Å². The van der Waals surface area contributed by atoms with Crippen LogP contribution < -0.4 is 14.8 Å². The van der Waals surface area contributed by atoms with Gasteiger partial charge in [-0.2, -0.15) is 0 Å². The molecule has 1 aliphatic rings. The Hall–Kier alpha value is -2.27. The van der Waals surface area contributed by atoms with Crippen LogP contribution in [0.1, 0.15) is 25.0 Å². The average Bonchev–Trinajstić information content (AvgIpc) is 2.88. The quantitative estimate of drug-likeness (QED) is 0.753. The fourth-order valence-corrected chi connectivity index (χ4v) is 3.07. The van der Waals surface area contributed by atoms with Crippen molar-refractivity contribution in [3.05, 3.63) is 52.0 Å². The summed E-state index contributed by atoms with van der Waals surface area (Å²) in [6.07, 6.45) is 1.86. The van der Waals surface area contributed by atoms with Gasteiger partial charge in [0.1, 0.15) is 0 Å². The first-order valence-electron chi connectivity index (χ1n) is 7.85. The van der Waals surface area contributed by atoms with E-state index in [2.05, 4.69) is 21.2 Å². The fraction of sp³-hybridized carbons (Fsp3) is 0.211. The molecule has 0 unspecified atom stereocenters. The second-order valence-electron chi connectivity index (χ2n) is 5.24. The zero-order valence-corrected chi connectivity index (χ0v) is 15.1. The molecule has 0 aliphatic carbocycles. The summed E-state index contributed by atoms with van der Waals surface area (Å²) >= 11 is 3.56. The number of anilines is 1. The first kappa shape index (κ1) is 16.6. The maximum Gasteiger partial charge on any atom is 0.256 e. The van der Waals surface area contributed by atoms with Gasteiger partial charge in [0.05, 0.1) is 13.2 Å². The summed E-state index contributed by atoms with van der Waals surface area (Å²) in [7, 11) is 0. The summed E-state index contributed by atoms with van der Waals surface area (Å²) < 4.78 is 12.1. The van der Waals surface area contributed by atoms with E-state index < -0.39 is 0 Å². The molecule has 5 heteroatoms. The second-order valence-corrected chi connectivity index (χ2v) is 6.10. The van der Waals surface area contributed by atoms with Crippen molar-refractivity contribution in [3.8, 4) is 11.5 Å². The molecule has 4 nitrogen and oxygen atoms in total. The largest absolute Gasteiger partial charge is 0.490 e. The van der Waals surface area contributed by atoms with Crippen molar-refractivity contribution in [1.82, 2.24) is 0 Å². The molecule has 1 N–H and O–H groups in total. The number of ether oxygens (including phenoxy) is 2. The van der Waals surface area contributed by atoms with Gasteiger partial charge in [-0.25, -0.2) is 0 Å². The van der Waals surface area contributed by atoms with Crippen molar-refractivity contribution in [2.45, 2.75) is 13.8 Å². The van der Waals surface area contributed by atoms with Gasteiger partial charge in [0.2, 0.25) is 0 Å². The molecule has 0 bridgehead atoms. The number of amides is 1. The minimum absolute atomic E-state index is 0.102. The lowest BCUT2D eigenvalue weighted by Gasteiger charge is -2.13. The van der Waals surface area contributed by atoms with Crippen molar-refractivity contribution >= 4 is 39.2 Å². The third-order valence-corrected chi connectivity index (χ3v) is 4.36. The van der Waals surface area contributed by atoms with Crippen LogP contribution in [0, 0.1) is 0 Å². The molecule has 0 saturated carbocycles. The lowest BCUT2D eigenvalue weighted by atomic mass is 10.0. The monoisotopic (exact) mass is 387 g/mol. The highest BCUT2D eigenvalue weighted by Crippen LogP contribution is 2.38. The molecule has 3 rings (SSSR count).